The van der Waals surface area contributed by atoms with Crippen LogP contribution in [0.1, 0.15) is 31.2 Å². The Morgan fingerprint density at radius 3 is 2.65 bits per heavy atom. The van der Waals surface area contributed by atoms with E-state index < -0.39 is 11.6 Å². The number of hydrogen-bond acceptors (Lipinski definition) is 1. The molecule has 2 rings (SSSR count). The minimum atomic E-state index is -0.484. The molecule has 2 atom stereocenters. The first kappa shape index (κ1) is 13.0. The summed E-state index contributed by atoms with van der Waals surface area (Å²) < 4.78 is 27.7. The van der Waals surface area contributed by atoms with E-state index in [1.165, 1.54) is 12.1 Å². The molecule has 1 aromatic carbocycles. The monoisotopic (exact) mass is 303 g/mol. The second-order valence-corrected chi connectivity index (χ2v) is 5.59. The zero-order valence-corrected chi connectivity index (χ0v) is 11.1. The van der Waals surface area contributed by atoms with Gasteiger partial charge in [0, 0.05) is 11.6 Å². The standard InChI is InChI=1S/C13H16BrF2N/c14-10-5-6-11(15)9(13(10)16)7-8-3-1-2-4-12(8)17/h5-6,8,12H,1-4,7,17H2. The van der Waals surface area contributed by atoms with Crippen molar-refractivity contribution in [3.63, 3.8) is 0 Å². The molecule has 2 N–H and O–H groups in total. The molecule has 0 bridgehead atoms. The summed E-state index contributed by atoms with van der Waals surface area (Å²) in [6, 6.07) is 2.77. The lowest BCUT2D eigenvalue weighted by Gasteiger charge is -2.28. The number of rotatable bonds is 2. The van der Waals surface area contributed by atoms with Crippen molar-refractivity contribution < 1.29 is 8.78 Å². The van der Waals surface area contributed by atoms with Gasteiger partial charge in [0.2, 0.25) is 0 Å². The van der Waals surface area contributed by atoms with Gasteiger partial charge in [-0.15, -0.1) is 0 Å². The third kappa shape index (κ3) is 2.86. The summed E-state index contributed by atoms with van der Waals surface area (Å²) in [4.78, 5) is 0. The molecule has 1 aliphatic rings. The molecule has 0 heterocycles. The largest absolute Gasteiger partial charge is 0.327 e. The maximum atomic E-state index is 13.8. The van der Waals surface area contributed by atoms with Crippen LogP contribution in [0.5, 0.6) is 0 Å². The molecule has 1 aromatic rings. The summed E-state index contributed by atoms with van der Waals surface area (Å²) in [6.07, 6.45) is 4.56. The summed E-state index contributed by atoms with van der Waals surface area (Å²) in [5, 5.41) is 0. The molecule has 0 aromatic heterocycles. The molecule has 1 saturated carbocycles. The van der Waals surface area contributed by atoms with Crippen molar-refractivity contribution in [3.05, 3.63) is 33.8 Å². The first-order valence-electron chi connectivity index (χ1n) is 5.97. The van der Waals surface area contributed by atoms with E-state index in [1.807, 2.05) is 0 Å². The Labute approximate surface area is 109 Å². The van der Waals surface area contributed by atoms with Gasteiger partial charge in [-0.2, -0.15) is 0 Å². The van der Waals surface area contributed by atoms with Crippen LogP contribution in [-0.2, 0) is 6.42 Å². The Hall–Kier alpha value is -0.480. The predicted molar refractivity (Wildman–Crippen MR) is 67.7 cm³/mol. The fraction of sp³-hybridized carbons (Fsp3) is 0.538. The van der Waals surface area contributed by atoms with Gasteiger partial charge in [-0.3, -0.25) is 0 Å². The Morgan fingerprint density at radius 1 is 1.24 bits per heavy atom. The van der Waals surface area contributed by atoms with Crippen molar-refractivity contribution in [1.82, 2.24) is 0 Å². The second kappa shape index (κ2) is 5.44. The summed E-state index contributed by atoms with van der Waals surface area (Å²) in [5.74, 6) is -0.756. The van der Waals surface area contributed by atoms with Crippen LogP contribution in [0.2, 0.25) is 0 Å². The summed E-state index contributed by atoms with van der Waals surface area (Å²) >= 11 is 3.09. The molecule has 94 valence electrons. The normalized spacial score (nSPS) is 24.9. The first-order chi connectivity index (χ1) is 8.09. The zero-order valence-electron chi connectivity index (χ0n) is 9.56. The van der Waals surface area contributed by atoms with E-state index in [0.29, 0.717) is 10.9 Å². The average molecular weight is 304 g/mol. The molecule has 0 radical (unpaired) electrons. The van der Waals surface area contributed by atoms with Gasteiger partial charge in [-0.05, 0) is 53.2 Å². The minimum absolute atomic E-state index is 0.0709. The molecular formula is C13H16BrF2N. The van der Waals surface area contributed by atoms with Crippen LogP contribution >= 0.6 is 15.9 Å². The van der Waals surface area contributed by atoms with E-state index in [-0.39, 0.29) is 17.5 Å². The minimum Gasteiger partial charge on any atom is -0.327 e. The lowest BCUT2D eigenvalue weighted by atomic mass is 9.81. The molecule has 1 nitrogen and oxygen atoms in total. The van der Waals surface area contributed by atoms with E-state index in [1.54, 1.807) is 0 Å². The van der Waals surface area contributed by atoms with Crippen LogP contribution in [0.4, 0.5) is 8.78 Å². The zero-order chi connectivity index (χ0) is 12.4. The summed E-state index contributed by atoms with van der Waals surface area (Å²) in [5.41, 5.74) is 6.18. The SMILES string of the molecule is NC1CCCCC1Cc1c(F)ccc(Br)c1F. The number of hydrogen-bond donors (Lipinski definition) is 1. The molecule has 17 heavy (non-hydrogen) atoms. The van der Waals surface area contributed by atoms with Gasteiger partial charge >= 0.3 is 0 Å². The van der Waals surface area contributed by atoms with Gasteiger partial charge in [-0.25, -0.2) is 8.78 Å². The van der Waals surface area contributed by atoms with E-state index in [4.69, 9.17) is 5.73 Å². The van der Waals surface area contributed by atoms with Crippen LogP contribution in [0.25, 0.3) is 0 Å². The highest BCUT2D eigenvalue weighted by Gasteiger charge is 2.25. The van der Waals surface area contributed by atoms with E-state index >= 15 is 0 Å². The molecule has 1 aliphatic carbocycles. The van der Waals surface area contributed by atoms with Gasteiger partial charge < -0.3 is 5.73 Å². The fourth-order valence-corrected chi connectivity index (χ4v) is 2.88. The Kier molecular flexibility index (Phi) is 4.15. The van der Waals surface area contributed by atoms with Gasteiger partial charge in [0.05, 0.1) is 4.47 Å². The lowest BCUT2D eigenvalue weighted by molar-refractivity contribution is 0.300. The highest BCUT2D eigenvalue weighted by atomic mass is 79.9. The van der Waals surface area contributed by atoms with Gasteiger partial charge in [-0.1, -0.05) is 12.8 Å². The Balaban J connectivity index is 2.20. The van der Waals surface area contributed by atoms with E-state index in [0.717, 1.165) is 25.7 Å². The number of benzene rings is 1. The molecule has 2 unspecified atom stereocenters. The highest BCUT2D eigenvalue weighted by molar-refractivity contribution is 9.10. The maximum Gasteiger partial charge on any atom is 0.143 e. The third-order valence-corrected chi connectivity index (χ3v) is 4.19. The quantitative estimate of drug-likeness (QED) is 0.827. The summed E-state index contributed by atoms with van der Waals surface area (Å²) in [6.45, 7) is 0. The van der Waals surface area contributed by atoms with Crippen molar-refractivity contribution in [2.24, 2.45) is 11.7 Å². The van der Waals surface area contributed by atoms with E-state index in [2.05, 4.69) is 15.9 Å². The second-order valence-electron chi connectivity index (χ2n) is 4.73. The smallest absolute Gasteiger partial charge is 0.143 e. The van der Waals surface area contributed by atoms with Crippen molar-refractivity contribution >= 4 is 15.9 Å². The number of halogens is 3. The van der Waals surface area contributed by atoms with Gasteiger partial charge in [0.15, 0.2) is 0 Å². The molecule has 4 heteroatoms. The molecular weight excluding hydrogens is 288 g/mol. The predicted octanol–water partition coefficient (Wildman–Crippen LogP) is 3.79. The number of nitrogens with two attached hydrogens (primary N) is 1. The molecule has 1 fully saturated rings. The summed E-state index contributed by atoms with van der Waals surface area (Å²) in [7, 11) is 0. The van der Waals surface area contributed by atoms with Crippen molar-refractivity contribution in [1.29, 1.82) is 0 Å². The van der Waals surface area contributed by atoms with Gasteiger partial charge in [0.1, 0.15) is 11.6 Å². The Bertz CT molecular complexity index is 409. The van der Waals surface area contributed by atoms with E-state index in [9.17, 15) is 8.78 Å². The first-order valence-corrected chi connectivity index (χ1v) is 6.77. The molecule has 0 amide bonds. The molecule has 0 saturated heterocycles. The lowest BCUT2D eigenvalue weighted by Crippen LogP contribution is -2.34. The van der Waals surface area contributed by atoms with Crippen molar-refractivity contribution in [3.8, 4) is 0 Å². The van der Waals surface area contributed by atoms with Crippen molar-refractivity contribution in [2.45, 2.75) is 38.1 Å². The van der Waals surface area contributed by atoms with Crippen LogP contribution in [0.3, 0.4) is 0 Å². The maximum absolute atomic E-state index is 13.8. The van der Waals surface area contributed by atoms with Crippen LogP contribution in [0.15, 0.2) is 16.6 Å². The van der Waals surface area contributed by atoms with Crippen LogP contribution in [-0.4, -0.2) is 6.04 Å². The van der Waals surface area contributed by atoms with Crippen molar-refractivity contribution in [2.75, 3.05) is 0 Å². The topological polar surface area (TPSA) is 26.0 Å². The molecule has 0 aliphatic heterocycles. The van der Waals surface area contributed by atoms with Crippen LogP contribution in [0, 0.1) is 17.6 Å². The molecule has 0 spiro atoms. The van der Waals surface area contributed by atoms with Crippen LogP contribution < -0.4 is 5.73 Å². The third-order valence-electron chi connectivity index (χ3n) is 3.57. The Morgan fingerprint density at radius 2 is 1.94 bits per heavy atom. The highest BCUT2D eigenvalue weighted by Crippen LogP contribution is 2.30. The fourth-order valence-electron chi connectivity index (χ4n) is 2.51. The average Bonchev–Trinajstić information content (AvgIpc) is 2.32. The van der Waals surface area contributed by atoms with Gasteiger partial charge in [0.25, 0.3) is 0 Å².